The molecule has 0 radical (unpaired) electrons. The molecule has 1 N–H and O–H groups in total. The minimum absolute atomic E-state index is 0.0266. The van der Waals surface area contributed by atoms with Crippen molar-refractivity contribution >= 4 is 28.9 Å². The van der Waals surface area contributed by atoms with Gasteiger partial charge in [0.25, 0.3) is 11.6 Å². The quantitative estimate of drug-likeness (QED) is 0.587. The zero-order valence-corrected chi connectivity index (χ0v) is 15.5. The molecule has 6 nitrogen and oxygen atoms in total. The summed E-state index contributed by atoms with van der Waals surface area (Å²) in [6.07, 6.45) is 1.78. The van der Waals surface area contributed by atoms with Crippen LogP contribution in [0.2, 0.25) is 5.02 Å². The van der Waals surface area contributed by atoms with E-state index in [1.165, 1.54) is 30.3 Å². The predicted octanol–water partition coefficient (Wildman–Crippen LogP) is 4.80. The number of carbonyl (C=O) groups is 1. The lowest BCUT2D eigenvalue weighted by Crippen LogP contribution is -2.28. The van der Waals surface area contributed by atoms with Gasteiger partial charge in [-0.1, -0.05) is 17.7 Å². The van der Waals surface area contributed by atoms with Crippen molar-refractivity contribution in [2.45, 2.75) is 25.8 Å². The van der Waals surface area contributed by atoms with E-state index in [2.05, 4.69) is 5.32 Å². The first-order valence-electron chi connectivity index (χ1n) is 8.66. The number of nitrogens with zero attached hydrogens (tertiary/aromatic N) is 2. The molecular weight excluding hydrogens is 373 g/mol. The van der Waals surface area contributed by atoms with E-state index in [-0.39, 0.29) is 22.2 Å². The van der Waals surface area contributed by atoms with Crippen molar-refractivity contribution in [2.75, 3.05) is 18.4 Å². The fraction of sp³-hybridized carbons (Fsp3) is 0.316. The molecule has 0 bridgehead atoms. The van der Waals surface area contributed by atoms with Crippen LogP contribution in [0.3, 0.4) is 0 Å². The molecule has 3 rings (SSSR count). The Morgan fingerprint density at radius 1 is 1.30 bits per heavy atom. The highest BCUT2D eigenvalue weighted by Gasteiger charge is 2.27. The maximum Gasteiger partial charge on any atom is 0.282 e. The Labute approximate surface area is 161 Å². The summed E-state index contributed by atoms with van der Waals surface area (Å²) < 4.78 is 14.1. The van der Waals surface area contributed by atoms with Crippen molar-refractivity contribution in [1.29, 1.82) is 0 Å². The molecule has 0 aromatic heterocycles. The molecule has 1 aliphatic rings. The van der Waals surface area contributed by atoms with Crippen LogP contribution in [0.5, 0.6) is 0 Å². The molecule has 0 spiro atoms. The summed E-state index contributed by atoms with van der Waals surface area (Å²) in [5, 5.41) is 14.7. The molecule has 2 aromatic carbocycles. The van der Waals surface area contributed by atoms with E-state index in [0.717, 1.165) is 12.8 Å². The highest BCUT2D eigenvalue weighted by Crippen LogP contribution is 2.31. The Kier molecular flexibility index (Phi) is 5.60. The molecule has 1 heterocycles. The molecule has 1 aliphatic heterocycles. The third kappa shape index (κ3) is 4.03. The van der Waals surface area contributed by atoms with Crippen molar-refractivity contribution < 1.29 is 14.1 Å². The summed E-state index contributed by atoms with van der Waals surface area (Å²) in [5.41, 5.74) is 0.563. The molecule has 1 saturated heterocycles. The number of rotatable bonds is 5. The molecule has 1 amide bonds. The van der Waals surface area contributed by atoms with Crippen LogP contribution in [0.1, 0.15) is 41.7 Å². The van der Waals surface area contributed by atoms with E-state index in [4.69, 9.17) is 11.6 Å². The summed E-state index contributed by atoms with van der Waals surface area (Å²) in [6, 6.07) is 8.19. The minimum atomic E-state index is -0.565. The monoisotopic (exact) mass is 391 g/mol. The average molecular weight is 392 g/mol. The Morgan fingerprint density at radius 2 is 2.00 bits per heavy atom. The summed E-state index contributed by atoms with van der Waals surface area (Å²) in [6.45, 7) is 2.91. The lowest BCUT2D eigenvalue weighted by Gasteiger charge is -2.19. The van der Waals surface area contributed by atoms with E-state index < -0.39 is 16.8 Å². The van der Waals surface area contributed by atoms with Gasteiger partial charge in [-0.05, 0) is 44.0 Å². The molecule has 1 atom stereocenters. The number of likely N-dealkylation sites (tertiary alicyclic amines) is 1. The van der Waals surface area contributed by atoms with Crippen molar-refractivity contribution in [3.8, 4) is 0 Å². The molecule has 0 saturated carbocycles. The summed E-state index contributed by atoms with van der Waals surface area (Å²) >= 11 is 6.10. The normalized spacial score (nSPS) is 14.9. The number of anilines is 1. The first-order chi connectivity index (χ1) is 12.9. The third-order valence-corrected chi connectivity index (χ3v) is 4.96. The molecule has 2 aromatic rings. The van der Waals surface area contributed by atoms with E-state index in [1.54, 1.807) is 17.9 Å². The number of halogens is 2. The number of nitro groups is 1. The summed E-state index contributed by atoms with van der Waals surface area (Å²) in [5.74, 6) is -0.808. The smallest absolute Gasteiger partial charge is 0.282 e. The number of carbonyl (C=O) groups excluding carboxylic acids is 1. The number of hydrogen-bond acceptors (Lipinski definition) is 4. The summed E-state index contributed by atoms with van der Waals surface area (Å²) in [4.78, 5) is 25.1. The molecule has 8 heteroatoms. The standard InChI is InChI=1S/C19H19ClFN3O3/c1-12(18-15(20)5-4-6-16(18)21)22-13-7-8-17(24(26)27)14(11-13)19(25)23-9-2-3-10-23/h4-8,11-12,22H,2-3,9-10H2,1H3. The lowest BCUT2D eigenvalue weighted by molar-refractivity contribution is -0.385. The van der Waals surface area contributed by atoms with E-state index in [9.17, 15) is 19.3 Å². The topological polar surface area (TPSA) is 75.5 Å². The van der Waals surface area contributed by atoms with Gasteiger partial charge in [0.1, 0.15) is 11.4 Å². The van der Waals surface area contributed by atoms with Gasteiger partial charge in [-0.3, -0.25) is 14.9 Å². The Hall–Kier alpha value is -2.67. The molecule has 142 valence electrons. The Bertz CT molecular complexity index is 864. The molecule has 1 fully saturated rings. The Morgan fingerprint density at radius 3 is 2.63 bits per heavy atom. The number of hydrogen-bond donors (Lipinski definition) is 1. The van der Waals surface area contributed by atoms with Gasteiger partial charge in [0.2, 0.25) is 0 Å². The maximum absolute atomic E-state index is 14.1. The second kappa shape index (κ2) is 7.92. The second-order valence-electron chi connectivity index (χ2n) is 6.49. The van der Waals surface area contributed by atoms with E-state index in [1.807, 2.05) is 0 Å². The van der Waals surface area contributed by atoms with Crippen LogP contribution in [-0.2, 0) is 0 Å². The van der Waals surface area contributed by atoms with Crippen LogP contribution in [0.4, 0.5) is 15.8 Å². The predicted molar refractivity (Wildman–Crippen MR) is 102 cm³/mol. The first-order valence-corrected chi connectivity index (χ1v) is 9.04. The largest absolute Gasteiger partial charge is 0.378 e. The van der Waals surface area contributed by atoms with E-state index in [0.29, 0.717) is 24.3 Å². The van der Waals surface area contributed by atoms with Gasteiger partial charge in [-0.2, -0.15) is 0 Å². The van der Waals surface area contributed by atoms with E-state index >= 15 is 0 Å². The first kappa shape index (κ1) is 19.1. The average Bonchev–Trinajstić information content (AvgIpc) is 3.15. The molecule has 27 heavy (non-hydrogen) atoms. The van der Waals surface area contributed by atoms with Gasteiger partial charge in [-0.25, -0.2) is 4.39 Å². The lowest BCUT2D eigenvalue weighted by atomic mass is 10.1. The van der Waals surface area contributed by atoms with Crippen molar-refractivity contribution in [1.82, 2.24) is 4.90 Å². The zero-order valence-electron chi connectivity index (χ0n) is 14.7. The highest BCUT2D eigenvalue weighted by molar-refractivity contribution is 6.31. The van der Waals surface area contributed by atoms with Crippen molar-refractivity contribution in [3.05, 3.63) is 68.5 Å². The van der Waals surface area contributed by atoms with Crippen LogP contribution < -0.4 is 5.32 Å². The number of nitrogens with one attached hydrogen (secondary N) is 1. The van der Waals surface area contributed by atoms with Crippen LogP contribution in [0.15, 0.2) is 36.4 Å². The molecule has 0 aliphatic carbocycles. The van der Waals surface area contributed by atoms with Gasteiger partial charge in [0.05, 0.1) is 11.0 Å². The minimum Gasteiger partial charge on any atom is -0.378 e. The van der Waals surface area contributed by atoms with Crippen molar-refractivity contribution in [3.63, 3.8) is 0 Å². The fourth-order valence-electron chi connectivity index (χ4n) is 3.29. The van der Waals surface area contributed by atoms with Crippen molar-refractivity contribution in [2.24, 2.45) is 0 Å². The van der Waals surface area contributed by atoms with Gasteiger partial charge in [-0.15, -0.1) is 0 Å². The number of nitro benzene ring substituents is 1. The Balaban J connectivity index is 1.91. The van der Waals surface area contributed by atoms with Crippen LogP contribution >= 0.6 is 11.6 Å². The van der Waals surface area contributed by atoms with Crippen LogP contribution in [0, 0.1) is 15.9 Å². The highest BCUT2D eigenvalue weighted by atomic mass is 35.5. The molecule has 1 unspecified atom stereocenters. The fourth-order valence-corrected chi connectivity index (χ4v) is 3.62. The SMILES string of the molecule is CC(Nc1ccc([N+](=O)[O-])c(C(=O)N2CCCC2)c1)c1c(F)cccc1Cl. The van der Waals surface area contributed by atoms with Gasteiger partial charge >= 0.3 is 0 Å². The second-order valence-corrected chi connectivity index (χ2v) is 6.90. The number of benzene rings is 2. The van der Waals surface area contributed by atoms with Gasteiger partial charge in [0, 0.05) is 35.4 Å². The van der Waals surface area contributed by atoms with Gasteiger partial charge in [0.15, 0.2) is 0 Å². The summed E-state index contributed by atoms with van der Waals surface area (Å²) in [7, 11) is 0. The van der Waals surface area contributed by atoms with Crippen LogP contribution in [-0.4, -0.2) is 28.8 Å². The van der Waals surface area contributed by atoms with Gasteiger partial charge < -0.3 is 10.2 Å². The molecular formula is C19H19ClFN3O3. The zero-order chi connectivity index (χ0) is 19.6. The maximum atomic E-state index is 14.1. The third-order valence-electron chi connectivity index (χ3n) is 4.63. The number of amides is 1. The van der Waals surface area contributed by atoms with Crippen LogP contribution in [0.25, 0.3) is 0 Å².